The van der Waals surface area contributed by atoms with Crippen molar-refractivity contribution in [3.63, 3.8) is 0 Å². The molecule has 0 radical (unpaired) electrons. The average Bonchev–Trinajstić information content (AvgIpc) is 2.26. The number of nitriles is 1. The maximum absolute atomic E-state index is 10.9. The fourth-order valence-corrected chi connectivity index (χ4v) is 4.67. The first kappa shape index (κ1) is 19.8. The van der Waals surface area contributed by atoms with Gasteiger partial charge in [0.2, 0.25) is 0 Å². The van der Waals surface area contributed by atoms with Crippen LogP contribution in [-0.4, -0.2) is 38.4 Å². The lowest BCUT2D eigenvalue weighted by atomic mass is 10.0. The van der Waals surface area contributed by atoms with Crippen molar-refractivity contribution < 1.29 is 4.89 Å². The first-order chi connectivity index (χ1) is 9.14. The summed E-state index contributed by atoms with van der Waals surface area (Å²) in [5.74, 6) is 0.343. The smallest absolute Gasteiger partial charge is 0.186 e. The number of hydrogen-bond acceptors (Lipinski definition) is 4. The van der Waals surface area contributed by atoms with Crippen LogP contribution in [0, 0.1) is 17.2 Å². The van der Waals surface area contributed by atoms with Crippen molar-refractivity contribution in [1.82, 2.24) is 9.34 Å². The van der Waals surface area contributed by atoms with Crippen LogP contribution in [0.4, 0.5) is 0 Å². The highest BCUT2D eigenvalue weighted by molar-refractivity contribution is 7.46. The van der Waals surface area contributed by atoms with E-state index in [9.17, 15) is 4.89 Å². The molecular weight excluding hydrogens is 269 g/mol. The lowest BCUT2D eigenvalue weighted by Gasteiger charge is -2.45. The van der Waals surface area contributed by atoms with Gasteiger partial charge in [-0.1, -0.05) is 13.8 Å². The lowest BCUT2D eigenvalue weighted by Crippen LogP contribution is -2.46. The summed E-state index contributed by atoms with van der Waals surface area (Å²) in [4.78, 5) is 10.9. The molecule has 0 bridgehead atoms. The van der Waals surface area contributed by atoms with Crippen LogP contribution < -0.4 is 0 Å². The second kappa shape index (κ2) is 8.95. The minimum absolute atomic E-state index is 0.0936. The zero-order valence-corrected chi connectivity index (χ0v) is 15.2. The van der Waals surface area contributed by atoms with E-state index in [1.165, 1.54) is 0 Å². The maximum Gasteiger partial charge on any atom is 0.186 e. The molecule has 2 unspecified atom stereocenters. The monoisotopic (exact) mass is 301 g/mol. The minimum Gasteiger partial charge on any atom is -0.347 e. The zero-order valence-electron chi connectivity index (χ0n) is 14.3. The molecule has 0 aliphatic carbocycles. The average molecular weight is 301 g/mol. The van der Waals surface area contributed by atoms with Gasteiger partial charge in [-0.25, -0.2) is 9.34 Å². The first-order valence-corrected chi connectivity index (χ1v) is 8.77. The topological polar surface area (TPSA) is 50.5 Å². The predicted octanol–water partition coefficient (Wildman–Crippen LogP) is 3.97. The van der Waals surface area contributed by atoms with Gasteiger partial charge in [0.15, 0.2) is 8.45 Å². The van der Waals surface area contributed by atoms with E-state index in [2.05, 4.69) is 70.8 Å². The van der Waals surface area contributed by atoms with Crippen molar-refractivity contribution in [1.29, 1.82) is 5.26 Å². The van der Waals surface area contributed by atoms with E-state index in [-0.39, 0.29) is 24.2 Å². The quantitative estimate of drug-likeness (QED) is 0.689. The Morgan fingerprint density at radius 2 is 1.30 bits per heavy atom. The van der Waals surface area contributed by atoms with Gasteiger partial charge in [-0.2, -0.15) is 5.26 Å². The standard InChI is InChI=1S/C15H32N3OP/c1-11(2)15(9-10-16)18(14(7)8)20(19)17(12(3)4)13(5)6/h11-15,19H,9H2,1-8H3. The molecule has 0 aromatic heterocycles. The van der Waals surface area contributed by atoms with E-state index in [1.54, 1.807) is 0 Å². The SMILES string of the molecule is CC(C)C(CC#N)N(C(C)C)P(O)N(C(C)C)C(C)C. The van der Waals surface area contributed by atoms with Gasteiger partial charge in [-0.05, 0) is 47.5 Å². The van der Waals surface area contributed by atoms with Crippen molar-refractivity contribution >= 4 is 8.45 Å². The maximum atomic E-state index is 10.9. The summed E-state index contributed by atoms with van der Waals surface area (Å²) >= 11 is 0. The van der Waals surface area contributed by atoms with Gasteiger partial charge in [0, 0.05) is 24.2 Å². The van der Waals surface area contributed by atoms with Crippen LogP contribution in [0.25, 0.3) is 0 Å². The third kappa shape index (κ3) is 5.30. The Morgan fingerprint density at radius 3 is 1.55 bits per heavy atom. The molecule has 0 aliphatic rings. The molecule has 2 atom stereocenters. The second-order valence-electron chi connectivity index (χ2n) is 6.48. The van der Waals surface area contributed by atoms with Gasteiger partial charge < -0.3 is 4.89 Å². The molecule has 0 rings (SSSR count). The summed E-state index contributed by atoms with van der Waals surface area (Å²) in [7, 11) is -1.39. The Morgan fingerprint density at radius 1 is 0.900 bits per heavy atom. The van der Waals surface area contributed by atoms with E-state index in [1.807, 2.05) is 0 Å². The van der Waals surface area contributed by atoms with Crippen LogP contribution in [-0.2, 0) is 0 Å². The number of rotatable bonds is 8. The molecule has 0 aromatic carbocycles. The molecule has 118 valence electrons. The summed E-state index contributed by atoms with van der Waals surface area (Å²) in [6.07, 6.45) is 0.458. The highest BCUT2D eigenvalue weighted by Gasteiger charge is 2.35. The highest BCUT2D eigenvalue weighted by Crippen LogP contribution is 2.47. The molecule has 0 spiro atoms. The minimum atomic E-state index is -1.39. The van der Waals surface area contributed by atoms with Gasteiger partial charge >= 0.3 is 0 Å². The van der Waals surface area contributed by atoms with Crippen molar-refractivity contribution in [2.45, 2.75) is 86.0 Å². The Hall–Kier alpha value is -0.200. The molecule has 0 aliphatic heterocycles. The van der Waals surface area contributed by atoms with E-state index in [4.69, 9.17) is 5.26 Å². The summed E-state index contributed by atoms with van der Waals surface area (Å²) in [6.45, 7) is 16.9. The number of hydrogen-bond donors (Lipinski definition) is 1. The summed E-state index contributed by atoms with van der Waals surface area (Å²) in [5.41, 5.74) is 0. The summed E-state index contributed by atoms with van der Waals surface area (Å²) < 4.78 is 4.30. The van der Waals surface area contributed by atoms with Crippen LogP contribution >= 0.6 is 8.45 Å². The molecule has 0 saturated heterocycles. The van der Waals surface area contributed by atoms with Crippen LogP contribution in [0.2, 0.25) is 0 Å². The van der Waals surface area contributed by atoms with Crippen molar-refractivity contribution in [3.8, 4) is 6.07 Å². The molecule has 0 saturated carbocycles. The van der Waals surface area contributed by atoms with Crippen LogP contribution in [0.3, 0.4) is 0 Å². The second-order valence-corrected chi connectivity index (χ2v) is 7.94. The van der Waals surface area contributed by atoms with Gasteiger partial charge in [0.1, 0.15) is 0 Å². The molecule has 4 nitrogen and oxygen atoms in total. The first-order valence-electron chi connectivity index (χ1n) is 7.57. The van der Waals surface area contributed by atoms with Crippen LogP contribution in [0.5, 0.6) is 0 Å². The van der Waals surface area contributed by atoms with Crippen molar-refractivity contribution in [3.05, 3.63) is 0 Å². The summed E-state index contributed by atoms with van der Waals surface area (Å²) in [5, 5.41) is 9.09. The Labute approximate surface area is 126 Å². The predicted molar refractivity (Wildman–Crippen MR) is 87.1 cm³/mol. The Bertz CT molecular complexity index is 305. The third-order valence-corrected chi connectivity index (χ3v) is 5.92. The Balaban J connectivity index is 5.39. The summed E-state index contributed by atoms with van der Waals surface area (Å²) in [6, 6.07) is 3.14. The third-order valence-electron chi connectivity index (χ3n) is 3.41. The lowest BCUT2D eigenvalue weighted by molar-refractivity contribution is 0.181. The van der Waals surface area contributed by atoms with E-state index in [0.717, 1.165) is 0 Å². The zero-order chi connectivity index (χ0) is 16.0. The van der Waals surface area contributed by atoms with Gasteiger partial charge in [-0.3, -0.25) is 0 Å². The molecule has 0 aromatic rings. The van der Waals surface area contributed by atoms with E-state index in [0.29, 0.717) is 12.3 Å². The van der Waals surface area contributed by atoms with E-state index >= 15 is 0 Å². The Kier molecular flexibility index (Phi) is 8.86. The van der Waals surface area contributed by atoms with Gasteiger partial charge in [0.25, 0.3) is 0 Å². The van der Waals surface area contributed by atoms with Crippen molar-refractivity contribution in [2.24, 2.45) is 5.92 Å². The van der Waals surface area contributed by atoms with Crippen LogP contribution in [0.15, 0.2) is 0 Å². The van der Waals surface area contributed by atoms with E-state index < -0.39 is 8.45 Å². The molecule has 0 heterocycles. The highest BCUT2D eigenvalue weighted by atomic mass is 31.2. The molecular formula is C15H32N3OP. The van der Waals surface area contributed by atoms with Gasteiger partial charge in [-0.15, -0.1) is 0 Å². The fourth-order valence-electron chi connectivity index (χ4n) is 2.58. The van der Waals surface area contributed by atoms with Gasteiger partial charge in [0.05, 0.1) is 12.5 Å². The molecule has 0 amide bonds. The molecule has 5 heteroatoms. The molecule has 1 N–H and O–H groups in total. The fraction of sp³-hybridized carbons (Fsp3) is 0.933. The normalized spacial score (nSPS) is 15.7. The molecule has 20 heavy (non-hydrogen) atoms. The number of nitrogens with zero attached hydrogens (tertiary/aromatic N) is 3. The molecule has 0 fully saturated rings. The van der Waals surface area contributed by atoms with Crippen molar-refractivity contribution in [2.75, 3.05) is 0 Å². The largest absolute Gasteiger partial charge is 0.347 e. The van der Waals surface area contributed by atoms with Crippen LogP contribution in [0.1, 0.15) is 61.8 Å².